The predicted octanol–water partition coefficient (Wildman–Crippen LogP) is 2.02. The van der Waals surface area contributed by atoms with Crippen LogP contribution in [0.25, 0.3) is 0 Å². The van der Waals surface area contributed by atoms with E-state index in [1.165, 1.54) is 16.8 Å². The van der Waals surface area contributed by atoms with E-state index in [1.807, 2.05) is 6.07 Å². The van der Waals surface area contributed by atoms with Gasteiger partial charge in [-0.3, -0.25) is 0 Å². The standard InChI is InChI=1S/C12H15ClN2/c1-15-7-9-6-14-5-4-8-2-3-10(13)12(15)11(8)9/h2-3,9,14H,4-7H2,1H3/t9-/m1/s1. The van der Waals surface area contributed by atoms with Crippen molar-refractivity contribution in [1.82, 2.24) is 5.32 Å². The van der Waals surface area contributed by atoms with E-state index in [4.69, 9.17) is 11.6 Å². The van der Waals surface area contributed by atoms with Crippen molar-refractivity contribution >= 4 is 17.3 Å². The fourth-order valence-corrected chi connectivity index (χ4v) is 3.17. The molecule has 0 saturated heterocycles. The van der Waals surface area contributed by atoms with Gasteiger partial charge < -0.3 is 10.2 Å². The van der Waals surface area contributed by atoms with Crippen LogP contribution in [0.1, 0.15) is 17.0 Å². The van der Waals surface area contributed by atoms with Gasteiger partial charge in [0.05, 0.1) is 10.7 Å². The van der Waals surface area contributed by atoms with Crippen molar-refractivity contribution in [3.05, 3.63) is 28.3 Å². The topological polar surface area (TPSA) is 15.3 Å². The van der Waals surface area contributed by atoms with E-state index in [9.17, 15) is 0 Å². The maximum absolute atomic E-state index is 6.27. The molecule has 2 aliphatic rings. The summed E-state index contributed by atoms with van der Waals surface area (Å²) in [5.74, 6) is 0.626. The molecule has 0 unspecified atom stereocenters. The summed E-state index contributed by atoms with van der Waals surface area (Å²) in [6.45, 7) is 3.28. The number of nitrogens with zero attached hydrogens (tertiary/aromatic N) is 1. The second-order valence-electron chi connectivity index (χ2n) is 4.50. The molecule has 1 N–H and O–H groups in total. The van der Waals surface area contributed by atoms with Crippen LogP contribution in [0.2, 0.25) is 5.02 Å². The quantitative estimate of drug-likeness (QED) is 0.723. The molecule has 0 saturated carbocycles. The molecule has 0 fully saturated rings. The first-order valence-corrected chi connectivity index (χ1v) is 5.88. The Kier molecular flexibility index (Phi) is 2.15. The van der Waals surface area contributed by atoms with Crippen LogP contribution in [-0.2, 0) is 6.42 Å². The van der Waals surface area contributed by atoms with Gasteiger partial charge in [-0.1, -0.05) is 17.7 Å². The molecule has 1 aromatic carbocycles. The first-order chi connectivity index (χ1) is 7.27. The Balaban J connectivity index is 2.22. The summed E-state index contributed by atoms with van der Waals surface area (Å²) in [7, 11) is 2.14. The second kappa shape index (κ2) is 3.39. The first-order valence-electron chi connectivity index (χ1n) is 5.50. The van der Waals surface area contributed by atoms with Crippen LogP contribution in [0.4, 0.5) is 5.69 Å². The van der Waals surface area contributed by atoms with Gasteiger partial charge in [-0.15, -0.1) is 0 Å². The molecule has 0 aromatic heterocycles. The third kappa shape index (κ3) is 1.35. The van der Waals surface area contributed by atoms with E-state index in [-0.39, 0.29) is 0 Å². The Hall–Kier alpha value is -0.730. The molecule has 15 heavy (non-hydrogen) atoms. The molecular weight excluding hydrogens is 208 g/mol. The predicted molar refractivity (Wildman–Crippen MR) is 64.0 cm³/mol. The number of halogens is 1. The minimum absolute atomic E-state index is 0.626. The van der Waals surface area contributed by atoms with Crippen LogP contribution >= 0.6 is 11.6 Å². The van der Waals surface area contributed by atoms with Gasteiger partial charge in [0.15, 0.2) is 0 Å². The number of benzene rings is 1. The fraction of sp³-hybridized carbons (Fsp3) is 0.500. The lowest BCUT2D eigenvalue weighted by Gasteiger charge is -2.15. The molecule has 0 radical (unpaired) electrons. The summed E-state index contributed by atoms with van der Waals surface area (Å²) in [6.07, 6.45) is 1.13. The Morgan fingerprint density at radius 2 is 2.33 bits per heavy atom. The Morgan fingerprint density at radius 1 is 1.47 bits per heavy atom. The lowest BCUT2D eigenvalue weighted by atomic mass is 9.95. The number of anilines is 1. The summed E-state index contributed by atoms with van der Waals surface area (Å²) in [5, 5.41) is 4.40. The summed E-state index contributed by atoms with van der Waals surface area (Å²) in [5.41, 5.74) is 4.24. The van der Waals surface area contributed by atoms with E-state index < -0.39 is 0 Å². The minimum atomic E-state index is 0.626. The second-order valence-corrected chi connectivity index (χ2v) is 4.91. The molecule has 2 heterocycles. The van der Waals surface area contributed by atoms with Crippen molar-refractivity contribution in [1.29, 1.82) is 0 Å². The molecule has 80 valence electrons. The molecule has 0 amide bonds. The molecule has 1 atom stereocenters. The summed E-state index contributed by atoms with van der Waals surface area (Å²) in [4.78, 5) is 2.29. The van der Waals surface area contributed by atoms with Crippen molar-refractivity contribution < 1.29 is 0 Å². The highest BCUT2D eigenvalue weighted by Crippen LogP contribution is 2.43. The van der Waals surface area contributed by atoms with Gasteiger partial charge in [0, 0.05) is 26.1 Å². The average Bonchev–Trinajstić information content (AvgIpc) is 2.43. The minimum Gasteiger partial charge on any atom is -0.372 e. The first kappa shape index (κ1) is 9.49. The summed E-state index contributed by atoms with van der Waals surface area (Å²) in [6, 6.07) is 4.24. The van der Waals surface area contributed by atoms with Crippen LogP contribution in [-0.4, -0.2) is 26.7 Å². The highest BCUT2D eigenvalue weighted by molar-refractivity contribution is 6.33. The van der Waals surface area contributed by atoms with Crippen molar-refractivity contribution in [2.75, 3.05) is 31.6 Å². The monoisotopic (exact) mass is 222 g/mol. The SMILES string of the molecule is CN1C[C@H]2CNCCc3ccc(Cl)c1c32. The largest absolute Gasteiger partial charge is 0.372 e. The Bertz CT molecular complexity index is 403. The molecule has 3 rings (SSSR count). The molecule has 0 aliphatic carbocycles. The van der Waals surface area contributed by atoms with E-state index >= 15 is 0 Å². The zero-order valence-corrected chi connectivity index (χ0v) is 9.64. The molecular formula is C12H15ClN2. The van der Waals surface area contributed by atoms with E-state index in [1.54, 1.807) is 0 Å². The zero-order chi connectivity index (χ0) is 10.4. The van der Waals surface area contributed by atoms with Crippen molar-refractivity contribution in [2.45, 2.75) is 12.3 Å². The number of rotatable bonds is 0. The Morgan fingerprint density at radius 3 is 3.20 bits per heavy atom. The van der Waals surface area contributed by atoms with E-state index in [0.29, 0.717) is 5.92 Å². The van der Waals surface area contributed by atoms with Crippen LogP contribution in [0.15, 0.2) is 12.1 Å². The normalized spacial score (nSPS) is 23.9. The number of hydrogen-bond acceptors (Lipinski definition) is 2. The van der Waals surface area contributed by atoms with Gasteiger partial charge in [0.2, 0.25) is 0 Å². The molecule has 0 spiro atoms. The van der Waals surface area contributed by atoms with Gasteiger partial charge in [-0.05, 0) is 30.2 Å². The van der Waals surface area contributed by atoms with Gasteiger partial charge in [0.1, 0.15) is 0 Å². The molecule has 0 bridgehead atoms. The van der Waals surface area contributed by atoms with Crippen molar-refractivity contribution in [3.63, 3.8) is 0 Å². The van der Waals surface area contributed by atoms with Crippen LogP contribution in [0.3, 0.4) is 0 Å². The molecule has 2 aliphatic heterocycles. The van der Waals surface area contributed by atoms with Crippen molar-refractivity contribution in [2.24, 2.45) is 0 Å². The van der Waals surface area contributed by atoms with Gasteiger partial charge >= 0.3 is 0 Å². The highest BCUT2D eigenvalue weighted by Gasteiger charge is 2.31. The number of likely N-dealkylation sites (N-methyl/N-ethyl adjacent to an activating group) is 1. The summed E-state index contributed by atoms with van der Waals surface area (Å²) >= 11 is 6.27. The molecule has 3 heteroatoms. The van der Waals surface area contributed by atoms with Gasteiger partial charge in [-0.2, -0.15) is 0 Å². The number of nitrogens with one attached hydrogen (secondary N) is 1. The van der Waals surface area contributed by atoms with Gasteiger partial charge in [0.25, 0.3) is 0 Å². The lowest BCUT2D eigenvalue weighted by Crippen LogP contribution is -2.24. The fourth-order valence-electron chi connectivity index (χ4n) is 2.86. The third-order valence-corrected chi connectivity index (χ3v) is 3.81. The maximum atomic E-state index is 6.27. The lowest BCUT2D eigenvalue weighted by molar-refractivity contribution is 0.625. The van der Waals surface area contributed by atoms with Crippen LogP contribution in [0.5, 0.6) is 0 Å². The van der Waals surface area contributed by atoms with Crippen molar-refractivity contribution in [3.8, 4) is 0 Å². The van der Waals surface area contributed by atoms with Gasteiger partial charge in [-0.25, -0.2) is 0 Å². The highest BCUT2D eigenvalue weighted by atomic mass is 35.5. The van der Waals surface area contributed by atoms with E-state index in [0.717, 1.165) is 31.1 Å². The third-order valence-electron chi connectivity index (χ3n) is 3.50. The number of hydrogen-bond donors (Lipinski definition) is 1. The Labute approximate surface area is 95.2 Å². The average molecular weight is 223 g/mol. The molecule has 1 aromatic rings. The van der Waals surface area contributed by atoms with Crippen LogP contribution in [0, 0.1) is 0 Å². The summed E-state index contributed by atoms with van der Waals surface area (Å²) < 4.78 is 0. The van der Waals surface area contributed by atoms with Crippen LogP contribution < -0.4 is 10.2 Å². The smallest absolute Gasteiger partial charge is 0.0642 e. The van der Waals surface area contributed by atoms with E-state index in [2.05, 4.69) is 23.3 Å². The zero-order valence-electron chi connectivity index (χ0n) is 8.89. The maximum Gasteiger partial charge on any atom is 0.0642 e. The molecule has 2 nitrogen and oxygen atoms in total.